The predicted octanol–water partition coefficient (Wildman–Crippen LogP) is 3.85. The number of unbranched alkanes of at least 4 members (excludes halogenated alkanes) is 4. The van der Waals surface area contributed by atoms with Gasteiger partial charge in [-0.05, 0) is 59.2 Å². The zero-order valence-electron chi connectivity index (χ0n) is 58.8. The number of nitrogens with zero attached hydrogens (tertiary/aromatic N) is 20. The van der Waals surface area contributed by atoms with Crippen LogP contribution in [0.5, 0.6) is 0 Å². The summed E-state index contributed by atoms with van der Waals surface area (Å²) in [6.45, 7) is 8.22. The van der Waals surface area contributed by atoms with Crippen LogP contribution in [0.2, 0.25) is 0 Å². The molecule has 4 aromatic heterocycles. The average molecular weight is 1540 g/mol. The maximum Gasteiger partial charge on any atom is 0.351 e. The Morgan fingerprint density at radius 2 is 0.806 bits per heavy atom. The molecular weight excluding hydrogens is 1460 g/mol. The van der Waals surface area contributed by atoms with E-state index in [4.69, 9.17) is 87.7 Å². The largest absolute Gasteiger partial charge is 0.462 e. The Bertz CT molecular complexity index is 4250. The zero-order valence-corrected chi connectivity index (χ0v) is 58.8. The van der Waals surface area contributed by atoms with Crippen molar-refractivity contribution in [3.8, 4) is 0 Å². The summed E-state index contributed by atoms with van der Waals surface area (Å²) in [5.41, 5.74) is 44.3. The molecule has 8 rings (SSSR count). The van der Waals surface area contributed by atoms with E-state index in [-0.39, 0.29) is 42.5 Å². The standard InChI is InChI=1S/C21H31FN6O6.2C13H17FN6O5.C12H15FN6O5/c1-3-5-7-9-15(29)32-13-21(26-27-24)18(33-16(30)10-8-6-4-2)17(22)19(34-21)28-12-11-14(23)25-20(28)31;1-6(2)11(22)24-5-13(18-19-16)9(21)8(14)10(25-13)20-4-3-7(15)17-12(20)23;1-6(2)11(22)24-9-8(14)10(25-13(9,5-21)18-19-16)20-4-3-7(15)17-12(20)23;1-2-7(21)23-9-8(13)10(24-12(9,5-20)17-18-15)19-4-3-6(14)16-11(19)22/h11-12,17-19H,3-10,13H2,1-2H3,(H2,23,25,31);2*3-4,6,8-10,21H,5H2,1-2H3,(H2,15,17,23);3-4,8-10,20H,2,5H2,1H3,(H2,14,16,22)/t17-,18+,19-,21-;2*8-,9+,10-,13-;8-,9+,10-,12-/m1111/s1. The van der Waals surface area contributed by atoms with Crippen molar-refractivity contribution < 1.29 is 99.5 Å². The molecule has 0 bridgehead atoms. The summed E-state index contributed by atoms with van der Waals surface area (Å²) in [7, 11) is 0. The predicted molar refractivity (Wildman–Crippen MR) is 359 cm³/mol. The third-order valence-electron chi connectivity index (χ3n) is 16.0. The first-order valence-corrected chi connectivity index (χ1v) is 32.9. The Morgan fingerprint density at radius 3 is 1.16 bits per heavy atom. The molecule has 4 aliphatic heterocycles. The molecule has 0 unspecified atom stereocenters. The minimum Gasteiger partial charge on any atom is -0.462 e. The van der Waals surface area contributed by atoms with Crippen LogP contribution in [0.15, 0.2) is 88.7 Å². The molecule has 16 atom stereocenters. The SMILES string of the molecule is CC(C)C(=O)OC[C@@]1(N=[N+]=[N-])O[C@@H](n2ccc(N)nc2=O)[C@H](F)[C@@H]1O.CC(C)C(=O)O[C@H]1[C@@H](F)[C@H](n2ccc(N)nc2=O)O[C@@]1(CO)N=[N+]=[N-].CCC(=O)O[C@H]1[C@@H](F)[C@H](n2ccc(N)nc2=O)O[C@@]1(CO)N=[N+]=[N-].CCCCCC(=O)OC[C@@]1(N=[N+]=[N-])O[C@@H](n2ccc(N)nc2=O)[C@H](F)[C@@H]1OC(=O)CCCCC. The van der Waals surface area contributed by atoms with Crippen LogP contribution in [0.4, 0.5) is 40.8 Å². The number of nitrogens with two attached hydrogens (primary N) is 4. The fraction of sp³-hybridized carbons (Fsp3) is 0.644. The van der Waals surface area contributed by atoms with Crippen LogP contribution in [0.1, 0.15) is 131 Å². The number of carbonyl (C=O) groups excluding carboxylic acids is 5. The molecule has 4 fully saturated rings. The Balaban J connectivity index is 0.000000261. The van der Waals surface area contributed by atoms with E-state index >= 15 is 4.39 Å². The van der Waals surface area contributed by atoms with Crippen molar-refractivity contribution in [2.24, 2.45) is 32.3 Å². The van der Waals surface area contributed by atoms with Crippen LogP contribution in [-0.4, -0.2) is 182 Å². The van der Waals surface area contributed by atoms with E-state index in [0.29, 0.717) is 12.8 Å². The van der Waals surface area contributed by atoms with Gasteiger partial charge >= 0.3 is 52.6 Å². The lowest BCUT2D eigenvalue weighted by atomic mass is 10.1. The quantitative estimate of drug-likeness (QED) is 0.00807. The number of rotatable bonds is 28. The maximum absolute atomic E-state index is 15.6. The molecule has 49 heteroatoms. The minimum atomic E-state index is -2.22. The molecule has 45 nitrogen and oxygen atoms in total. The molecule has 0 aromatic carbocycles. The fourth-order valence-corrected chi connectivity index (χ4v) is 10.3. The first-order chi connectivity index (χ1) is 51.1. The zero-order chi connectivity index (χ0) is 80.6. The average Bonchev–Trinajstić information content (AvgIpc) is 1.62. The van der Waals surface area contributed by atoms with Gasteiger partial charge in [-0.1, -0.05) is 94.6 Å². The number of ether oxygens (including phenoxy) is 9. The molecule has 0 spiro atoms. The van der Waals surface area contributed by atoms with Crippen molar-refractivity contribution >= 4 is 53.1 Å². The molecular formula is C59H80F4N24O21. The van der Waals surface area contributed by atoms with Gasteiger partial charge in [0.25, 0.3) is 0 Å². The molecule has 4 aliphatic rings. The van der Waals surface area contributed by atoms with Gasteiger partial charge in [0.1, 0.15) is 42.6 Å². The molecule has 4 aromatic rings. The van der Waals surface area contributed by atoms with Crippen molar-refractivity contribution in [3.05, 3.63) is 133 Å². The minimum absolute atomic E-state index is 0.00819. The van der Waals surface area contributed by atoms with Gasteiger partial charge in [0.15, 0.2) is 67.9 Å². The van der Waals surface area contributed by atoms with E-state index in [1.54, 1.807) is 13.8 Å². The number of azide groups is 4. The van der Waals surface area contributed by atoms with Gasteiger partial charge in [0, 0.05) is 63.7 Å². The third-order valence-corrected chi connectivity index (χ3v) is 16.0. The summed E-state index contributed by atoms with van der Waals surface area (Å²) in [6, 6.07) is 4.96. The maximum atomic E-state index is 15.6. The van der Waals surface area contributed by atoms with E-state index in [1.165, 1.54) is 45.0 Å². The smallest absolute Gasteiger partial charge is 0.351 e. The van der Waals surface area contributed by atoms with Gasteiger partial charge in [0.2, 0.25) is 22.9 Å². The Morgan fingerprint density at radius 1 is 0.491 bits per heavy atom. The number of carbonyl (C=O) groups is 5. The van der Waals surface area contributed by atoms with Gasteiger partial charge in [0.05, 0.1) is 25.0 Å². The Hall–Kier alpha value is -11.2. The normalized spacial score (nSPS) is 27.2. The molecule has 0 amide bonds. The highest BCUT2D eigenvalue weighted by Gasteiger charge is 2.63. The first kappa shape index (κ1) is 87.4. The number of esters is 5. The van der Waals surface area contributed by atoms with Crippen LogP contribution >= 0.6 is 0 Å². The van der Waals surface area contributed by atoms with Gasteiger partial charge in [-0.15, -0.1) is 0 Å². The third kappa shape index (κ3) is 21.1. The Labute approximate surface area is 606 Å². The second kappa shape index (κ2) is 39.4. The number of hydrogen-bond acceptors (Lipinski definition) is 33. The number of hydrogen-bond donors (Lipinski definition) is 7. The number of aliphatic hydroxyl groups excluding tert-OH is 3. The number of aliphatic hydroxyl groups is 3. The monoisotopic (exact) mass is 1540 g/mol. The molecule has 590 valence electrons. The van der Waals surface area contributed by atoms with E-state index in [1.807, 2.05) is 13.8 Å². The molecule has 0 aliphatic carbocycles. The highest BCUT2D eigenvalue weighted by molar-refractivity contribution is 5.72. The molecule has 0 radical (unpaired) electrons. The van der Waals surface area contributed by atoms with Crippen molar-refractivity contribution in [1.29, 1.82) is 0 Å². The highest BCUT2D eigenvalue weighted by Crippen LogP contribution is 2.46. The van der Waals surface area contributed by atoms with Crippen LogP contribution in [0, 0.1) is 11.8 Å². The van der Waals surface area contributed by atoms with Gasteiger partial charge in [-0.25, -0.2) is 36.7 Å². The molecule has 11 N–H and O–H groups in total. The molecule has 108 heavy (non-hydrogen) atoms. The van der Waals surface area contributed by atoms with Gasteiger partial charge in [-0.3, -0.25) is 42.2 Å². The summed E-state index contributed by atoms with van der Waals surface area (Å²) >= 11 is 0. The summed E-state index contributed by atoms with van der Waals surface area (Å²) in [6.07, 6.45) is -13.3. The van der Waals surface area contributed by atoms with Crippen molar-refractivity contribution in [2.75, 3.05) is 49.4 Å². The lowest BCUT2D eigenvalue weighted by Crippen LogP contribution is -2.47. The van der Waals surface area contributed by atoms with Crippen molar-refractivity contribution in [1.82, 2.24) is 38.2 Å². The summed E-state index contributed by atoms with van der Waals surface area (Å²) in [5, 5.41) is 42.6. The second-order valence-electron chi connectivity index (χ2n) is 24.4. The number of alkyl halides is 4. The number of anilines is 4. The number of halogens is 4. The molecule has 0 saturated carbocycles. The summed E-state index contributed by atoms with van der Waals surface area (Å²) in [5.74, 6) is -5.01. The first-order valence-electron chi connectivity index (χ1n) is 32.9. The summed E-state index contributed by atoms with van der Waals surface area (Å²) in [4.78, 5) is 132. The van der Waals surface area contributed by atoms with Gasteiger partial charge < -0.3 is 80.9 Å². The summed E-state index contributed by atoms with van der Waals surface area (Å²) < 4.78 is 110. The van der Waals surface area contributed by atoms with E-state index < -0.39 is 188 Å². The van der Waals surface area contributed by atoms with Crippen molar-refractivity contribution in [3.63, 3.8) is 0 Å². The second-order valence-corrected chi connectivity index (χ2v) is 24.4. The van der Waals surface area contributed by atoms with E-state index in [9.17, 15) is 71.6 Å². The van der Waals surface area contributed by atoms with Crippen molar-refractivity contribution in [2.45, 2.75) is 203 Å². The fourth-order valence-electron chi connectivity index (χ4n) is 10.3. The lowest BCUT2D eigenvalue weighted by molar-refractivity contribution is -0.177. The highest BCUT2D eigenvalue weighted by atomic mass is 19.1. The topological polar surface area (TPSA) is 668 Å². The lowest BCUT2D eigenvalue weighted by Gasteiger charge is -2.28. The van der Waals surface area contributed by atoms with Gasteiger partial charge in [-0.2, -0.15) is 19.9 Å². The number of nitrogen functional groups attached to an aromatic ring is 4. The van der Waals surface area contributed by atoms with Crippen LogP contribution < -0.4 is 45.7 Å². The van der Waals surface area contributed by atoms with Crippen LogP contribution in [0.25, 0.3) is 41.8 Å². The van der Waals surface area contributed by atoms with Crippen LogP contribution in [-0.2, 0) is 66.6 Å². The van der Waals surface area contributed by atoms with E-state index in [2.05, 4.69) is 60.0 Å². The molecule has 8 heterocycles. The molecule has 4 saturated heterocycles. The van der Waals surface area contributed by atoms with E-state index in [0.717, 1.165) is 68.7 Å². The number of aromatic nitrogens is 8. The Kier molecular flexibility index (Phi) is 31.9. The van der Waals surface area contributed by atoms with Crippen LogP contribution in [0.3, 0.4) is 0 Å².